The number of nitrogens with one attached hydrogen (secondary N) is 2. The predicted octanol–water partition coefficient (Wildman–Crippen LogP) is 2.95. The summed E-state index contributed by atoms with van der Waals surface area (Å²) in [6, 6.07) is 2.25. The second-order valence-electron chi connectivity index (χ2n) is 4.96. The third-order valence-corrected chi connectivity index (χ3v) is 3.53. The molecule has 1 unspecified atom stereocenters. The van der Waals surface area contributed by atoms with Crippen molar-refractivity contribution in [1.29, 1.82) is 0 Å². The highest BCUT2D eigenvalue weighted by Crippen LogP contribution is 2.18. The number of aryl methyl sites for hydroxylation is 1. The Morgan fingerprint density at radius 3 is 2.32 bits per heavy atom. The zero-order valence-electron chi connectivity index (χ0n) is 12.5. The SMILES string of the molecule is CCCc1nc(NN)cc(NC(C)C(CC)CC)n1. The van der Waals surface area contributed by atoms with Crippen LogP contribution >= 0.6 is 0 Å². The normalized spacial score (nSPS) is 12.5. The van der Waals surface area contributed by atoms with Crippen LogP contribution in [0.25, 0.3) is 0 Å². The summed E-state index contributed by atoms with van der Waals surface area (Å²) >= 11 is 0. The van der Waals surface area contributed by atoms with E-state index < -0.39 is 0 Å². The highest BCUT2D eigenvalue weighted by Gasteiger charge is 2.14. The molecule has 1 aromatic rings. The van der Waals surface area contributed by atoms with E-state index in [-0.39, 0.29) is 0 Å². The summed E-state index contributed by atoms with van der Waals surface area (Å²) in [5.74, 6) is 8.46. The first-order chi connectivity index (χ1) is 9.14. The fraction of sp³-hybridized carbons (Fsp3) is 0.714. The van der Waals surface area contributed by atoms with Gasteiger partial charge in [-0.25, -0.2) is 15.8 Å². The van der Waals surface area contributed by atoms with Gasteiger partial charge in [0.1, 0.15) is 17.5 Å². The Morgan fingerprint density at radius 2 is 1.79 bits per heavy atom. The van der Waals surface area contributed by atoms with Crippen molar-refractivity contribution in [3.63, 3.8) is 0 Å². The molecule has 0 aliphatic rings. The minimum atomic E-state index is 0.394. The van der Waals surface area contributed by atoms with Gasteiger partial charge in [-0.2, -0.15) is 0 Å². The van der Waals surface area contributed by atoms with Crippen LogP contribution in [0.1, 0.15) is 52.8 Å². The van der Waals surface area contributed by atoms with E-state index in [0.717, 1.165) is 24.5 Å². The van der Waals surface area contributed by atoms with Crippen LogP contribution in [0.3, 0.4) is 0 Å². The second kappa shape index (κ2) is 7.94. The van der Waals surface area contributed by atoms with Gasteiger partial charge in [-0.05, 0) is 19.3 Å². The van der Waals surface area contributed by atoms with Crippen LogP contribution in [0.4, 0.5) is 11.6 Å². The standard InChI is InChI=1S/C14H27N5/c1-5-8-12-17-13(9-14(18-12)19-15)16-10(4)11(6-2)7-3/h9-11H,5-8,15H2,1-4H3,(H2,16,17,18,19). The summed E-state index contributed by atoms with van der Waals surface area (Å²) in [6.07, 6.45) is 4.22. The number of anilines is 2. The topological polar surface area (TPSA) is 75.9 Å². The first-order valence-electron chi connectivity index (χ1n) is 7.25. The van der Waals surface area contributed by atoms with E-state index in [2.05, 4.69) is 48.4 Å². The first-order valence-corrected chi connectivity index (χ1v) is 7.25. The van der Waals surface area contributed by atoms with E-state index in [9.17, 15) is 0 Å². The van der Waals surface area contributed by atoms with Gasteiger partial charge in [-0.1, -0.05) is 33.6 Å². The van der Waals surface area contributed by atoms with E-state index in [4.69, 9.17) is 5.84 Å². The van der Waals surface area contributed by atoms with E-state index in [1.807, 2.05) is 6.07 Å². The third kappa shape index (κ3) is 4.67. The lowest BCUT2D eigenvalue weighted by Gasteiger charge is -2.23. The molecule has 5 heteroatoms. The smallest absolute Gasteiger partial charge is 0.145 e. The number of nitrogens with two attached hydrogens (primary N) is 1. The molecule has 4 N–H and O–H groups in total. The van der Waals surface area contributed by atoms with Gasteiger partial charge in [0.2, 0.25) is 0 Å². The van der Waals surface area contributed by atoms with Gasteiger partial charge in [0.15, 0.2) is 0 Å². The molecule has 1 heterocycles. The number of hydrazine groups is 1. The van der Waals surface area contributed by atoms with Crippen LogP contribution in [-0.4, -0.2) is 16.0 Å². The lowest BCUT2D eigenvalue weighted by atomic mass is 9.95. The molecule has 19 heavy (non-hydrogen) atoms. The van der Waals surface area contributed by atoms with Crippen LogP contribution in [0.2, 0.25) is 0 Å². The molecule has 0 spiro atoms. The Bertz CT molecular complexity index is 376. The Balaban J connectivity index is 2.84. The Kier molecular flexibility index (Phi) is 6.56. The molecule has 0 bridgehead atoms. The van der Waals surface area contributed by atoms with Crippen molar-refractivity contribution in [3.8, 4) is 0 Å². The van der Waals surface area contributed by atoms with Crippen molar-refractivity contribution >= 4 is 11.6 Å². The summed E-state index contributed by atoms with van der Waals surface area (Å²) < 4.78 is 0. The number of nitrogen functional groups attached to an aromatic ring is 1. The lowest BCUT2D eigenvalue weighted by Crippen LogP contribution is -2.26. The average molecular weight is 265 g/mol. The largest absolute Gasteiger partial charge is 0.367 e. The molecular weight excluding hydrogens is 238 g/mol. The molecule has 0 aliphatic heterocycles. The molecule has 1 atom stereocenters. The molecule has 0 aromatic carbocycles. The molecule has 5 nitrogen and oxygen atoms in total. The van der Waals surface area contributed by atoms with Crippen LogP contribution in [-0.2, 0) is 6.42 Å². The second-order valence-corrected chi connectivity index (χ2v) is 4.96. The number of nitrogens with zero attached hydrogens (tertiary/aromatic N) is 2. The van der Waals surface area contributed by atoms with Gasteiger partial charge >= 0.3 is 0 Å². The maximum absolute atomic E-state index is 5.46. The minimum absolute atomic E-state index is 0.394. The van der Waals surface area contributed by atoms with E-state index >= 15 is 0 Å². The van der Waals surface area contributed by atoms with Crippen molar-refractivity contribution in [2.24, 2.45) is 11.8 Å². The Hall–Kier alpha value is -1.36. The maximum Gasteiger partial charge on any atom is 0.145 e. The van der Waals surface area contributed by atoms with Crippen LogP contribution in [0.15, 0.2) is 6.07 Å². The lowest BCUT2D eigenvalue weighted by molar-refractivity contribution is 0.437. The highest BCUT2D eigenvalue weighted by molar-refractivity contribution is 5.47. The van der Waals surface area contributed by atoms with Gasteiger partial charge in [0, 0.05) is 18.5 Å². The average Bonchev–Trinajstić information content (AvgIpc) is 2.40. The van der Waals surface area contributed by atoms with Gasteiger partial charge < -0.3 is 10.7 Å². The van der Waals surface area contributed by atoms with Gasteiger partial charge in [0.25, 0.3) is 0 Å². The summed E-state index contributed by atoms with van der Waals surface area (Å²) in [4.78, 5) is 8.89. The summed E-state index contributed by atoms with van der Waals surface area (Å²) in [5.41, 5.74) is 2.61. The van der Waals surface area contributed by atoms with E-state index in [0.29, 0.717) is 17.8 Å². The number of hydrogen-bond acceptors (Lipinski definition) is 5. The van der Waals surface area contributed by atoms with E-state index in [1.165, 1.54) is 12.8 Å². The fourth-order valence-corrected chi connectivity index (χ4v) is 2.33. The molecule has 0 radical (unpaired) electrons. The molecule has 1 rings (SSSR count). The van der Waals surface area contributed by atoms with Crippen molar-refractivity contribution in [1.82, 2.24) is 9.97 Å². The first kappa shape index (κ1) is 15.7. The molecule has 0 aliphatic carbocycles. The van der Waals surface area contributed by atoms with Crippen LogP contribution < -0.4 is 16.6 Å². The highest BCUT2D eigenvalue weighted by atomic mass is 15.3. The quantitative estimate of drug-likeness (QED) is 0.497. The number of hydrogen-bond donors (Lipinski definition) is 3. The maximum atomic E-state index is 5.46. The predicted molar refractivity (Wildman–Crippen MR) is 81.0 cm³/mol. The fourth-order valence-electron chi connectivity index (χ4n) is 2.33. The van der Waals surface area contributed by atoms with Crippen LogP contribution in [0.5, 0.6) is 0 Å². The van der Waals surface area contributed by atoms with Crippen molar-refractivity contribution in [3.05, 3.63) is 11.9 Å². The molecule has 1 aromatic heterocycles. The van der Waals surface area contributed by atoms with Crippen LogP contribution in [0, 0.1) is 5.92 Å². The zero-order valence-corrected chi connectivity index (χ0v) is 12.5. The van der Waals surface area contributed by atoms with Crippen molar-refractivity contribution < 1.29 is 0 Å². The summed E-state index contributed by atoms with van der Waals surface area (Å²) in [5, 5.41) is 3.47. The molecule has 0 fully saturated rings. The zero-order chi connectivity index (χ0) is 14.3. The summed E-state index contributed by atoms with van der Waals surface area (Å²) in [6.45, 7) is 8.77. The van der Waals surface area contributed by atoms with Crippen molar-refractivity contribution in [2.45, 2.75) is 59.4 Å². The van der Waals surface area contributed by atoms with Gasteiger partial charge in [-0.3, -0.25) is 0 Å². The number of rotatable bonds is 8. The van der Waals surface area contributed by atoms with E-state index in [1.54, 1.807) is 0 Å². The van der Waals surface area contributed by atoms with Gasteiger partial charge in [0.05, 0.1) is 0 Å². The molecule has 0 saturated carbocycles. The Morgan fingerprint density at radius 1 is 1.16 bits per heavy atom. The minimum Gasteiger partial charge on any atom is -0.367 e. The molecular formula is C14H27N5. The third-order valence-electron chi connectivity index (χ3n) is 3.53. The molecule has 108 valence electrons. The molecule has 0 saturated heterocycles. The van der Waals surface area contributed by atoms with Gasteiger partial charge in [-0.15, -0.1) is 0 Å². The summed E-state index contributed by atoms with van der Waals surface area (Å²) in [7, 11) is 0. The molecule has 0 amide bonds. The van der Waals surface area contributed by atoms with Crippen molar-refractivity contribution in [2.75, 3.05) is 10.7 Å². The monoisotopic (exact) mass is 265 g/mol. The Labute approximate surface area is 116 Å². The number of aromatic nitrogens is 2.